The molecule has 2 unspecified atom stereocenters. The first-order valence-corrected chi connectivity index (χ1v) is 8.30. The maximum atomic E-state index is 13.3. The van der Waals surface area contributed by atoms with Crippen molar-refractivity contribution < 1.29 is 19.0 Å². The number of esters is 1. The van der Waals surface area contributed by atoms with Crippen LogP contribution < -0.4 is 4.90 Å². The van der Waals surface area contributed by atoms with E-state index in [4.69, 9.17) is 4.74 Å². The number of carbonyl (C=O) groups excluding carboxylic acids is 1. The summed E-state index contributed by atoms with van der Waals surface area (Å²) in [6, 6.07) is 7.83. The van der Waals surface area contributed by atoms with Gasteiger partial charge in [-0.2, -0.15) is 0 Å². The van der Waals surface area contributed by atoms with Gasteiger partial charge in [0.25, 0.3) is 0 Å². The number of aromatic nitrogens is 1. The molecule has 0 bridgehead atoms. The topological polar surface area (TPSA) is 62.7 Å². The molecule has 0 spiro atoms. The van der Waals surface area contributed by atoms with Crippen molar-refractivity contribution >= 4 is 11.8 Å². The van der Waals surface area contributed by atoms with Gasteiger partial charge in [-0.05, 0) is 44.0 Å². The number of pyridine rings is 1. The Morgan fingerprint density at radius 3 is 2.72 bits per heavy atom. The molecule has 130 valence electrons. The van der Waals surface area contributed by atoms with Crippen LogP contribution in [-0.4, -0.2) is 28.7 Å². The molecule has 1 aromatic heterocycles. The second kappa shape index (κ2) is 5.52. The first-order valence-electron chi connectivity index (χ1n) is 8.30. The van der Waals surface area contributed by atoms with Gasteiger partial charge >= 0.3 is 5.97 Å². The number of β-amino-alcohol motifs (C(OH)–C–C–N with tert-alkyl or cyclic N) is 1. The summed E-state index contributed by atoms with van der Waals surface area (Å²) >= 11 is 0. The number of anilines is 1. The van der Waals surface area contributed by atoms with Gasteiger partial charge < -0.3 is 14.7 Å². The normalized spacial score (nSPS) is 24.3. The van der Waals surface area contributed by atoms with Crippen molar-refractivity contribution in [3.8, 4) is 0 Å². The molecule has 1 N–H and O–H groups in total. The fourth-order valence-electron chi connectivity index (χ4n) is 3.76. The largest absolute Gasteiger partial charge is 0.451 e. The van der Waals surface area contributed by atoms with Crippen LogP contribution in [0.5, 0.6) is 0 Å². The van der Waals surface area contributed by atoms with E-state index in [0.29, 0.717) is 24.3 Å². The van der Waals surface area contributed by atoms with Crippen LogP contribution in [0, 0.1) is 5.82 Å². The highest BCUT2D eigenvalue weighted by Crippen LogP contribution is 2.43. The molecule has 0 saturated carbocycles. The van der Waals surface area contributed by atoms with Crippen molar-refractivity contribution in [1.29, 1.82) is 0 Å². The number of hydrogen-bond acceptors (Lipinski definition) is 5. The molecule has 0 amide bonds. The predicted molar refractivity (Wildman–Crippen MR) is 89.8 cm³/mol. The van der Waals surface area contributed by atoms with Crippen LogP contribution in [-0.2, 0) is 10.3 Å². The second-order valence-electron chi connectivity index (χ2n) is 7.07. The molecular formula is C19H19FN2O3. The molecule has 6 heteroatoms. The van der Waals surface area contributed by atoms with Gasteiger partial charge in [0.1, 0.15) is 22.8 Å². The van der Waals surface area contributed by atoms with Gasteiger partial charge in [0.2, 0.25) is 0 Å². The summed E-state index contributed by atoms with van der Waals surface area (Å²) in [7, 11) is 0. The summed E-state index contributed by atoms with van der Waals surface area (Å²) in [5.41, 5.74) is 1.42. The van der Waals surface area contributed by atoms with E-state index < -0.39 is 17.7 Å². The van der Waals surface area contributed by atoms with Crippen LogP contribution in [0.15, 0.2) is 36.5 Å². The van der Waals surface area contributed by atoms with Crippen molar-refractivity contribution in [3.05, 3.63) is 59.0 Å². The highest BCUT2D eigenvalue weighted by atomic mass is 19.1. The van der Waals surface area contributed by atoms with Gasteiger partial charge in [0.05, 0.1) is 12.1 Å². The molecule has 2 atom stereocenters. The third-order valence-electron chi connectivity index (χ3n) is 4.94. The van der Waals surface area contributed by atoms with Crippen molar-refractivity contribution in [1.82, 2.24) is 4.98 Å². The number of ether oxygens (including phenoxy) is 1. The average Bonchev–Trinajstić information content (AvgIpc) is 3.06. The fraction of sp³-hybridized carbons (Fsp3) is 0.368. The average molecular weight is 342 g/mol. The fourth-order valence-corrected chi connectivity index (χ4v) is 3.76. The number of aliphatic hydroxyl groups excluding tert-OH is 1. The quantitative estimate of drug-likeness (QED) is 0.850. The SMILES string of the molecule is CC1(C)OC(=O)c2c1ccnc2N1CC(O)CC1c1ccc(F)cc1. The number of rotatable bonds is 2. The van der Waals surface area contributed by atoms with Gasteiger partial charge in [-0.3, -0.25) is 0 Å². The zero-order chi connectivity index (χ0) is 17.8. The Balaban J connectivity index is 1.80. The summed E-state index contributed by atoms with van der Waals surface area (Å²) in [6.07, 6.45) is 1.61. The third kappa shape index (κ3) is 2.57. The van der Waals surface area contributed by atoms with E-state index in [-0.39, 0.29) is 11.9 Å². The van der Waals surface area contributed by atoms with Crippen LogP contribution in [0.25, 0.3) is 0 Å². The molecule has 2 aliphatic rings. The van der Waals surface area contributed by atoms with Gasteiger partial charge in [-0.1, -0.05) is 12.1 Å². The van der Waals surface area contributed by atoms with E-state index >= 15 is 0 Å². The van der Waals surface area contributed by atoms with Crippen LogP contribution in [0.2, 0.25) is 0 Å². The summed E-state index contributed by atoms with van der Waals surface area (Å²) in [6.45, 7) is 4.05. The minimum atomic E-state index is -0.701. The lowest BCUT2D eigenvalue weighted by molar-refractivity contribution is 0.00956. The van der Waals surface area contributed by atoms with E-state index in [0.717, 1.165) is 11.1 Å². The number of hydrogen-bond donors (Lipinski definition) is 1. The maximum absolute atomic E-state index is 13.3. The van der Waals surface area contributed by atoms with E-state index in [1.54, 1.807) is 24.4 Å². The molecule has 2 aliphatic heterocycles. The summed E-state index contributed by atoms with van der Waals surface area (Å²) in [4.78, 5) is 18.8. The predicted octanol–water partition coefficient (Wildman–Crippen LogP) is 2.94. The molecule has 2 aromatic rings. The Hall–Kier alpha value is -2.47. The van der Waals surface area contributed by atoms with Crippen molar-refractivity contribution in [2.24, 2.45) is 0 Å². The third-order valence-corrected chi connectivity index (χ3v) is 4.94. The number of nitrogens with zero attached hydrogens (tertiary/aromatic N) is 2. The second-order valence-corrected chi connectivity index (χ2v) is 7.07. The first-order chi connectivity index (χ1) is 11.9. The van der Waals surface area contributed by atoms with E-state index in [9.17, 15) is 14.3 Å². The monoisotopic (exact) mass is 342 g/mol. The lowest BCUT2D eigenvalue weighted by Gasteiger charge is -2.27. The molecule has 0 radical (unpaired) electrons. The molecule has 25 heavy (non-hydrogen) atoms. The van der Waals surface area contributed by atoms with Crippen LogP contribution in [0.1, 0.15) is 47.8 Å². The molecular weight excluding hydrogens is 323 g/mol. The highest BCUT2D eigenvalue weighted by Gasteiger charge is 2.43. The van der Waals surface area contributed by atoms with E-state index in [2.05, 4.69) is 4.98 Å². The molecule has 1 fully saturated rings. The van der Waals surface area contributed by atoms with Crippen LogP contribution in [0.4, 0.5) is 10.2 Å². The Labute approximate surface area is 145 Å². The van der Waals surface area contributed by atoms with Crippen LogP contribution in [0.3, 0.4) is 0 Å². The highest BCUT2D eigenvalue weighted by molar-refractivity contribution is 5.99. The van der Waals surface area contributed by atoms with Crippen molar-refractivity contribution in [2.45, 2.75) is 38.0 Å². The lowest BCUT2D eigenvalue weighted by Crippen LogP contribution is -2.27. The Kier molecular flexibility index (Phi) is 3.54. The van der Waals surface area contributed by atoms with Gasteiger partial charge in [0.15, 0.2) is 0 Å². The Morgan fingerprint density at radius 1 is 1.28 bits per heavy atom. The molecule has 0 aliphatic carbocycles. The maximum Gasteiger partial charge on any atom is 0.343 e. The zero-order valence-electron chi connectivity index (χ0n) is 14.1. The number of halogens is 1. The number of benzene rings is 1. The summed E-state index contributed by atoms with van der Waals surface area (Å²) in [5, 5.41) is 10.2. The van der Waals surface area contributed by atoms with Crippen LogP contribution >= 0.6 is 0 Å². The number of aliphatic hydroxyl groups is 1. The molecule has 1 aromatic carbocycles. The summed E-state index contributed by atoms with van der Waals surface area (Å²) < 4.78 is 18.7. The minimum absolute atomic E-state index is 0.175. The molecule has 1 saturated heterocycles. The first kappa shape index (κ1) is 16.0. The zero-order valence-corrected chi connectivity index (χ0v) is 14.1. The Morgan fingerprint density at radius 2 is 2.00 bits per heavy atom. The molecule has 3 heterocycles. The lowest BCUT2D eigenvalue weighted by atomic mass is 9.96. The van der Waals surface area contributed by atoms with Gasteiger partial charge in [-0.25, -0.2) is 14.2 Å². The van der Waals surface area contributed by atoms with Gasteiger partial charge in [0, 0.05) is 18.3 Å². The van der Waals surface area contributed by atoms with Crippen molar-refractivity contribution in [2.75, 3.05) is 11.4 Å². The van der Waals surface area contributed by atoms with Crippen molar-refractivity contribution in [3.63, 3.8) is 0 Å². The number of cyclic esters (lactones) is 1. The smallest absolute Gasteiger partial charge is 0.343 e. The van der Waals surface area contributed by atoms with E-state index in [1.807, 2.05) is 18.7 Å². The molecule has 4 rings (SSSR count). The molecule has 5 nitrogen and oxygen atoms in total. The number of fused-ring (bicyclic) bond motifs is 1. The standard InChI is InChI=1S/C19H19FN2O3/c1-19(2)14-7-8-21-17(16(14)18(24)25-19)22-10-13(23)9-15(22)11-3-5-12(20)6-4-11/h3-8,13,15,23H,9-10H2,1-2H3. The Bertz CT molecular complexity index is 835. The van der Waals surface area contributed by atoms with E-state index in [1.165, 1.54) is 12.1 Å². The summed E-state index contributed by atoms with van der Waals surface area (Å²) in [5.74, 6) is -0.195. The van der Waals surface area contributed by atoms with Gasteiger partial charge in [-0.15, -0.1) is 0 Å². The minimum Gasteiger partial charge on any atom is -0.451 e. The number of carbonyl (C=O) groups is 1.